The number of carbonyl (C=O) groups excluding carboxylic acids is 1. The van der Waals surface area contributed by atoms with Gasteiger partial charge in [-0.15, -0.1) is 0 Å². The third-order valence-electron chi connectivity index (χ3n) is 2.83. The van der Waals surface area contributed by atoms with Crippen molar-refractivity contribution in [2.45, 2.75) is 37.6 Å². The van der Waals surface area contributed by atoms with E-state index in [9.17, 15) is 13.4 Å². The number of anilines is 1. The topological polar surface area (TPSA) is 72.2 Å². The zero-order valence-electron chi connectivity index (χ0n) is 11.1. The molecule has 0 radical (unpaired) electrons. The summed E-state index contributed by atoms with van der Waals surface area (Å²) in [6, 6.07) is 3.73. The summed E-state index contributed by atoms with van der Waals surface area (Å²) in [4.78, 5) is 12.0. The molecule has 0 heterocycles. The van der Waals surface area contributed by atoms with Crippen molar-refractivity contribution in [2.24, 2.45) is 0 Å². The van der Waals surface area contributed by atoms with Crippen LogP contribution in [0, 0.1) is 5.82 Å². The van der Waals surface area contributed by atoms with Gasteiger partial charge >= 0.3 is 0 Å². The molecule has 6 heteroatoms. The highest BCUT2D eigenvalue weighted by Crippen LogP contribution is 2.17. The van der Waals surface area contributed by atoms with E-state index < -0.39 is 16.6 Å². The van der Waals surface area contributed by atoms with Gasteiger partial charge in [-0.3, -0.25) is 9.00 Å². The minimum atomic E-state index is -1.56. The van der Waals surface area contributed by atoms with Gasteiger partial charge in [-0.25, -0.2) is 4.39 Å². The number of nitrogens with two attached hydrogens (primary N) is 1. The molecule has 0 fully saturated rings. The summed E-state index contributed by atoms with van der Waals surface area (Å²) in [7, 11) is -1.56. The van der Waals surface area contributed by atoms with Crippen LogP contribution in [-0.4, -0.2) is 21.9 Å². The van der Waals surface area contributed by atoms with Gasteiger partial charge in [-0.05, 0) is 31.0 Å². The Morgan fingerprint density at radius 2 is 2.05 bits per heavy atom. The van der Waals surface area contributed by atoms with E-state index in [1.807, 2.05) is 13.8 Å². The van der Waals surface area contributed by atoms with Crippen LogP contribution in [0.4, 0.5) is 10.1 Å². The third-order valence-corrected chi connectivity index (χ3v) is 4.22. The van der Waals surface area contributed by atoms with Gasteiger partial charge in [0.15, 0.2) is 0 Å². The number of amides is 1. The molecule has 0 aliphatic heterocycles. The third kappa shape index (κ3) is 4.63. The molecule has 1 amide bonds. The fourth-order valence-electron chi connectivity index (χ4n) is 1.69. The molecule has 1 atom stereocenters. The molecule has 0 aromatic heterocycles. The molecule has 4 nitrogen and oxygen atoms in total. The Morgan fingerprint density at radius 3 is 2.58 bits per heavy atom. The largest absolute Gasteiger partial charge is 0.398 e. The Balaban J connectivity index is 2.66. The fraction of sp³-hybridized carbons (Fsp3) is 0.462. The highest BCUT2D eigenvalue weighted by Gasteiger charge is 2.15. The number of carbonyl (C=O) groups is 1. The first-order chi connectivity index (χ1) is 8.97. The average Bonchev–Trinajstić information content (AvgIpc) is 2.35. The Labute approximate surface area is 115 Å². The molecule has 1 aromatic carbocycles. The van der Waals surface area contributed by atoms with E-state index >= 15 is 0 Å². The van der Waals surface area contributed by atoms with E-state index in [1.165, 1.54) is 12.1 Å². The minimum absolute atomic E-state index is 0.0927. The molecule has 1 rings (SSSR count). The second-order valence-electron chi connectivity index (χ2n) is 4.25. The molecule has 0 saturated heterocycles. The van der Waals surface area contributed by atoms with Gasteiger partial charge in [0.1, 0.15) is 11.6 Å². The van der Waals surface area contributed by atoms with E-state index in [0.717, 1.165) is 18.9 Å². The SMILES string of the molecule is CCC(CC)NC(=O)CS(=O)c1ccc(F)cc1N. The summed E-state index contributed by atoms with van der Waals surface area (Å²) < 4.78 is 24.9. The maximum Gasteiger partial charge on any atom is 0.233 e. The summed E-state index contributed by atoms with van der Waals surface area (Å²) in [5.41, 5.74) is 5.69. The predicted molar refractivity (Wildman–Crippen MR) is 74.6 cm³/mol. The molecule has 0 spiro atoms. The van der Waals surface area contributed by atoms with Gasteiger partial charge in [-0.1, -0.05) is 13.8 Å². The second-order valence-corrected chi connectivity index (χ2v) is 5.67. The van der Waals surface area contributed by atoms with Crippen LogP contribution in [0.15, 0.2) is 23.1 Å². The lowest BCUT2D eigenvalue weighted by Crippen LogP contribution is -2.36. The summed E-state index contributed by atoms with van der Waals surface area (Å²) in [6.45, 7) is 3.95. The smallest absolute Gasteiger partial charge is 0.233 e. The predicted octanol–water partition coefficient (Wildman–Crippen LogP) is 1.82. The highest BCUT2D eigenvalue weighted by molar-refractivity contribution is 7.86. The van der Waals surface area contributed by atoms with E-state index in [0.29, 0.717) is 4.90 Å². The fourth-order valence-corrected chi connectivity index (χ4v) is 2.70. The number of rotatable bonds is 6. The molecular formula is C13H19FN2O2S. The minimum Gasteiger partial charge on any atom is -0.398 e. The van der Waals surface area contributed by atoms with Crippen LogP contribution in [-0.2, 0) is 15.6 Å². The molecule has 1 aromatic rings. The summed E-state index contributed by atoms with van der Waals surface area (Å²) in [6.07, 6.45) is 1.65. The lowest BCUT2D eigenvalue weighted by atomic mass is 10.2. The number of hydrogen-bond donors (Lipinski definition) is 2. The van der Waals surface area contributed by atoms with Crippen molar-refractivity contribution >= 4 is 22.4 Å². The first kappa shape index (κ1) is 15.6. The molecule has 0 aliphatic rings. The van der Waals surface area contributed by atoms with Gasteiger partial charge < -0.3 is 11.1 Å². The van der Waals surface area contributed by atoms with Gasteiger partial charge in [0.25, 0.3) is 0 Å². The Hall–Kier alpha value is -1.43. The number of nitrogens with one attached hydrogen (secondary N) is 1. The monoisotopic (exact) mass is 286 g/mol. The van der Waals surface area contributed by atoms with Crippen LogP contribution >= 0.6 is 0 Å². The zero-order chi connectivity index (χ0) is 14.4. The van der Waals surface area contributed by atoms with Crippen molar-refractivity contribution in [3.05, 3.63) is 24.0 Å². The van der Waals surface area contributed by atoms with E-state index in [4.69, 9.17) is 5.73 Å². The Morgan fingerprint density at radius 1 is 1.42 bits per heavy atom. The first-order valence-electron chi connectivity index (χ1n) is 6.20. The molecule has 3 N–H and O–H groups in total. The lowest BCUT2D eigenvalue weighted by Gasteiger charge is -2.14. The molecule has 106 valence electrons. The van der Waals surface area contributed by atoms with Crippen LogP contribution in [0.1, 0.15) is 26.7 Å². The highest BCUT2D eigenvalue weighted by atomic mass is 32.2. The summed E-state index contributed by atoms with van der Waals surface area (Å²) in [5.74, 6) is -0.928. The van der Waals surface area contributed by atoms with E-state index in [-0.39, 0.29) is 23.4 Å². The number of nitrogen functional groups attached to an aromatic ring is 1. The molecular weight excluding hydrogens is 267 g/mol. The molecule has 19 heavy (non-hydrogen) atoms. The number of benzene rings is 1. The van der Waals surface area contributed by atoms with E-state index in [2.05, 4.69) is 5.32 Å². The van der Waals surface area contributed by atoms with Crippen LogP contribution < -0.4 is 11.1 Å². The quantitative estimate of drug-likeness (QED) is 0.784. The van der Waals surface area contributed by atoms with Crippen LogP contribution in [0.25, 0.3) is 0 Å². The molecule has 0 saturated carbocycles. The first-order valence-corrected chi connectivity index (χ1v) is 7.52. The molecule has 1 unspecified atom stereocenters. The van der Waals surface area contributed by atoms with Crippen molar-refractivity contribution in [1.29, 1.82) is 0 Å². The Kier molecular flexibility index (Phi) is 5.95. The maximum atomic E-state index is 12.9. The molecule has 0 aliphatic carbocycles. The standard InChI is InChI=1S/C13H19FN2O2S/c1-3-10(4-2)16-13(17)8-19(18)12-6-5-9(14)7-11(12)15/h5-7,10H,3-4,8,15H2,1-2H3,(H,16,17). The number of hydrogen-bond acceptors (Lipinski definition) is 3. The van der Waals surface area contributed by atoms with E-state index in [1.54, 1.807) is 0 Å². The second kappa shape index (κ2) is 7.23. The maximum absolute atomic E-state index is 12.9. The van der Waals surface area contributed by atoms with Crippen LogP contribution in [0.2, 0.25) is 0 Å². The zero-order valence-corrected chi connectivity index (χ0v) is 11.9. The van der Waals surface area contributed by atoms with Crippen molar-refractivity contribution < 1.29 is 13.4 Å². The van der Waals surface area contributed by atoms with Gasteiger partial charge in [0.2, 0.25) is 5.91 Å². The van der Waals surface area contributed by atoms with Crippen molar-refractivity contribution in [1.82, 2.24) is 5.32 Å². The van der Waals surface area contributed by atoms with Crippen molar-refractivity contribution in [2.75, 3.05) is 11.5 Å². The Bertz CT molecular complexity index is 476. The van der Waals surface area contributed by atoms with Crippen LogP contribution in [0.5, 0.6) is 0 Å². The summed E-state index contributed by atoms with van der Waals surface area (Å²) >= 11 is 0. The molecule has 0 bridgehead atoms. The lowest BCUT2D eigenvalue weighted by molar-refractivity contribution is -0.119. The van der Waals surface area contributed by atoms with Crippen molar-refractivity contribution in [3.8, 4) is 0 Å². The normalized spacial score (nSPS) is 12.4. The average molecular weight is 286 g/mol. The van der Waals surface area contributed by atoms with Gasteiger partial charge in [0.05, 0.1) is 21.4 Å². The van der Waals surface area contributed by atoms with Crippen LogP contribution in [0.3, 0.4) is 0 Å². The van der Waals surface area contributed by atoms with Gasteiger partial charge in [0, 0.05) is 6.04 Å². The van der Waals surface area contributed by atoms with Gasteiger partial charge in [-0.2, -0.15) is 0 Å². The van der Waals surface area contributed by atoms with Crippen molar-refractivity contribution in [3.63, 3.8) is 0 Å². The number of halogens is 1. The summed E-state index contributed by atoms with van der Waals surface area (Å²) in [5, 5.41) is 2.80.